The first-order chi connectivity index (χ1) is 8.71. The maximum Gasteiger partial charge on any atom is 0.255 e. The maximum absolute atomic E-state index is 12.4. The predicted molar refractivity (Wildman–Crippen MR) is 74.7 cm³/mol. The molecule has 19 heavy (non-hydrogen) atoms. The number of carbonyl (C=O) groups excluding carboxylic acids is 1. The molecule has 1 aliphatic rings. The zero-order chi connectivity index (χ0) is 14.4. The van der Waals surface area contributed by atoms with E-state index < -0.39 is 10.0 Å². The van der Waals surface area contributed by atoms with Crippen molar-refractivity contribution in [1.29, 1.82) is 0 Å². The standard InChI is InChI=1S/C12H18N2O3S2/c1-7-4-14(5-8(7)2)11(15)10-6-18-12(9(10)3)19(13,16)17/h6-8H,4-5H2,1-3H3,(H2,13,16,17). The van der Waals surface area contributed by atoms with Crippen LogP contribution in [0.2, 0.25) is 0 Å². The van der Waals surface area contributed by atoms with Gasteiger partial charge in [0.2, 0.25) is 10.0 Å². The molecule has 2 atom stereocenters. The summed E-state index contributed by atoms with van der Waals surface area (Å²) in [5.41, 5.74) is 0.917. The highest BCUT2D eigenvalue weighted by Crippen LogP contribution is 2.29. The number of hydrogen-bond donors (Lipinski definition) is 1. The van der Waals surface area contributed by atoms with E-state index in [0.717, 1.165) is 24.4 Å². The number of rotatable bonds is 2. The van der Waals surface area contributed by atoms with Crippen molar-refractivity contribution in [1.82, 2.24) is 4.90 Å². The Hall–Kier alpha value is -0.920. The Morgan fingerprint density at radius 1 is 1.37 bits per heavy atom. The van der Waals surface area contributed by atoms with Crippen LogP contribution in [-0.2, 0) is 10.0 Å². The van der Waals surface area contributed by atoms with Gasteiger partial charge in [0, 0.05) is 18.5 Å². The molecule has 2 N–H and O–H groups in total. The zero-order valence-electron chi connectivity index (χ0n) is 11.2. The van der Waals surface area contributed by atoms with Crippen molar-refractivity contribution >= 4 is 27.3 Å². The van der Waals surface area contributed by atoms with Crippen molar-refractivity contribution in [3.63, 3.8) is 0 Å². The van der Waals surface area contributed by atoms with E-state index in [1.54, 1.807) is 17.2 Å². The fourth-order valence-electron chi connectivity index (χ4n) is 2.36. The molecule has 0 radical (unpaired) electrons. The van der Waals surface area contributed by atoms with Crippen molar-refractivity contribution in [2.45, 2.75) is 25.0 Å². The highest BCUT2D eigenvalue weighted by atomic mass is 32.2. The van der Waals surface area contributed by atoms with Crippen LogP contribution in [0.3, 0.4) is 0 Å². The number of thiophene rings is 1. The van der Waals surface area contributed by atoms with Crippen LogP contribution in [-0.4, -0.2) is 32.3 Å². The highest BCUT2D eigenvalue weighted by molar-refractivity contribution is 7.91. The van der Waals surface area contributed by atoms with Gasteiger partial charge in [-0.3, -0.25) is 4.79 Å². The van der Waals surface area contributed by atoms with Crippen LogP contribution in [0.5, 0.6) is 0 Å². The number of hydrogen-bond acceptors (Lipinski definition) is 4. The predicted octanol–water partition coefficient (Wildman–Crippen LogP) is 1.43. The lowest BCUT2D eigenvalue weighted by atomic mass is 10.0. The van der Waals surface area contributed by atoms with Crippen LogP contribution in [0, 0.1) is 18.8 Å². The number of likely N-dealkylation sites (tertiary alicyclic amines) is 1. The van der Waals surface area contributed by atoms with E-state index in [-0.39, 0.29) is 10.1 Å². The summed E-state index contributed by atoms with van der Waals surface area (Å²) in [6, 6.07) is 0. The number of sulfonamides is 1. The Morgan fingerprint density at radius 3 is 2.32 bits per heavy atom. The molecular formula is C12H18N2O3S2. The smallest absolute Gasteiger partial charge is 0.255 e. The number of carbonyl (C=O) groups is 1. The molecule has 0 spiro atoms. The SMILES string of the molecule is Cc1c(C(=O)N2CC(C)C(C)C2)csc1S(N)(=O)=O. The van der Waals surface area contributed by atoms with Gasteiger partial charge in [-0.2, -0.15) is 0 Å². The molecule has 2 rings (SSSR count). The second kappa shape index (κ2) is 4.88. The van der Waals surface area contributed by atoms with Gasteiger partial charge >= 0.3 is 0 Å². The van der Waals surface area contributed by atoms with E-state index in [9.17, 15) is 13.2 Å². The minimum atomic E-state index is -3.74. The van der Waals surface area contributed by atoms with E-state index in [4.69, 9.17) is 5.14 Å². The maximum atomic E-state index is 12.4. The molecule has 1 aliphatic heterocycles. The lowest BCUT2D eigenvalue weighted by molar-refractivity contribution is 0.0784. The van der Waals surface area contributed by atoms with Crippen molar-refractivity contribution in [2.24, 2.45) is 17.0 Å². The van der Waals surface area contributed by atoms with Crippen LogP contribution >= 0.6 is 11.3 Å². The van der Waals surface area contributed by atoms with E-state index in [0.29, 0.717) is 23.0 Å². The molecule has 1 amide bonds. The summed E-state index contributed by atoms with van der Waals surface area (Å²) in [4.78, 5) is 14.2. The summed E-state index contributed by atoms with van der Waals surface area (Å²) >= 11 is 1.01. The van der Waals surface area contributed by atoms with Crippen LogP contribution < -0.4 is 5.14 Å². The van der Waals surface area contributed by atoms with Crippen molar-refractivity contribution in [3.8, 4) is 0 Å². The lowest BCUT2D eigenvalue weighted by Gasteiger charge is -2.15. The minimum Gasteiger partial charge on any atom is -0.338 e. The molecule has 1 saturated heterocycles. The third-order valence-electron chi connectivity index (χ3n) is 3.76. The van der Waals surface area contributed by atoms with E-state index in [1.807, 2.05) is 0 Å². The van der Waals surface area contributed by atoms with Gasteiger partial charge in [-0.05, 0) is 24.3 Å². The monoisotopic (exact) mass is 302 g/mol. The van der Waals surface area contributed by atoms with Gasteiger partial charge in [-0.15, -0.1) is 11.3 Å². The van der Waals surface area contributed by atoms with E-state index >= 15 is 0 Å². The summed E-state index contributed by atoms with van der Waals surface area (Å²) in [6.45, 7) is 7.31. The highest BCUT2D eigenvalue weighted by Gasteiger charge is 2.32. The van der Waals surface area contributed by atoms with Gasteiger partial charge in [-0.25, -0.2) is 13.6 Å². The first kappa shape index (κ1) is 14.5. The van der Waals surface area contributed by atoms with Crippen molar-refractivity contribution < 1.29 is 13.2 Å². The van der Waals surface area contributed by atoms with Crippen LogP contribution in [0.15, 0.2) is 9.59 Å². The second-order valence-corrected chi connectivity index (χ2v) is 7.91. The average Bonchev–Trinajstić information content (AvgIpc) is 2.82. The first-order valence-electron chi connectivity index (χ1n) is 6.12. The van der Waals surface area contributed by atoms with Gasteiger partial charge in [0.05, 0.1) is 5.56 Å². The van der Waals surface area contributed by atoms with Gasteiger partial charge < -0.3 is 4.90 Å². The molecule has 0 aliphatic carbocycles. The Labute approximate surface area is 117 Å². The molecule has 1 aromatic rings. The molecule has 0 saturated carbocycles. The Balaban J connectivity index is 2.29. The van der Waals surface area contributed by atoms with Crippen LogP contribution in [0.25, 0.3) is 0 Å². The van der Waals surface area contributed by atoms with Crippen LogP contribution in [0.4, 0.5) is 0 Å². The number of nitrogens with two attached hydrogens (primary N) is 1. The molecule has 1 aromatic heterocycles. The average molecular weight is 302 g/mol. The van der Waals surface area contributed by atoms with Gasteiger partial charge in [0.15, 0.2) is 0 Å². The summed E-state index contributed by atoms with van der Waals surface area (Å²) in [5, 5.41) is 6.71. The minimum absolute atomic E-state index is 0.0798. The third kappa shape index (κ3) is 2.68. The fourth-order valence-corrected chi connectivity index (χ4v) is 4.36. The van der Waals surface area contributed by atoms with Gasteiger partial charge in [-0.1, -0.05) is 13.8 Å². The van der Waals surface area contributed by atoms with Gasteiger partial charge in [0.1, 0.15) is 4.21 Å². The topological polar surface area (TPSA) is 80.5 Å². The second-order valence-electron chi connectivity index (χ2n) is 5.27. The van der Waals surface area contributed by atoms with E-state index in [2.05, 4.69) is 13.8 Å². The molecule has 2 unspecified atom stereocenters. The summed E-state index contributed by atoms with van der Waals surface area (Å²) in [5.74, 6) is 0.848. The number of nitrogens with zero attached hydrogens (tertiary/aromatic N) is 1. The molecule has 2 heterocycles. The van der Waals surface area contributed by atoms with Crippen LogP contribution in [0.1, 0.15) is 29.8 Å². The summed E-state index contributed by atoms with van der Waals surface area (Å²) in [6.07, 6.45) is 0. The summed E-state index contributed by atoms with van der Waals surface area (Å²) in [7, 11) is -3.74. The number of primary sulfonamides is 1. The molecule has 7 heteroatoms. The zero-order valence-corrected chi connectivity index (χ0v) is 12.8. The van der Waals surface area contributed by atoms with E-state index in [1.165, 1.54) is 0 Å². The lowest BCUT2D eigenvalue weighted by Crippen LogP contribution is -2.29. The molecule has 1 fully saturated rings. The molecular weight excluding hydrogens is 284 g/mol. The quantitative estimate of drug-likeness (QED) is 0.897. The normalized spacial score (nSPS) is 23.9. The number of amides is 1. The largest absolute Gasteiger partial charge is 0.338 e. The molecule has 0 aromatic carbocycles. The van der Waals surface area contributed by atoms with Crippen molar-refractivity contribution in [3.05, 3.63) is 16.5 Å². The first-order valence-corrected chi connectivity index (χ1v) is 8.54. The molecule has 0 bridgehead atoms. The molecule has 106 valence electrons. The van der Waals surface area contributed by atoms with Crippen molar-refractivity contribution in [2.75, 3.05) is 13.1 Å². The fraction of sp³-hybridized carbons (Fsp3) is 0.583. The Morgan fingerprint density at radius 2 is 1.89 bits per heavy atom. The molecule has 5 nitrogen and oxygen atoms in total. The Bertz CT molecular complexity index is 596. The third-order valence-corrected chi connectivity index (χ3v) is 6.44. The van der Waals surface area contributed by atoms with Gasteiger partial charge in [0.25, 0.3) is 5.91 Å². The summed E-state index contributed by atoms with van der Waals surface area (Å²) < 4.78 is 22.8. The Kier molecular flexibility index (Phi) is 3.72.